The van der Waals surface area contributed by atoms with Gasteiger partial charge in [0.05, 0.1) is 23.4 Å². The van der Waals surface area contributed by atoms with Gasteiger partial charge in [-0.25, -0.2) is 4.98 Å². The highest BCUT2D eigenvalue weighted by atomic mass is 15.0. The van der Waals surface area contributed by atoms with Crippen molar-refractivity contribution in [3.8, 4) is 17.3 Å². The highest BCUT2D eigenvalue weighted by molar-refractivity contribution is 5.68. The summed E-state index contributed by atoms with van der Waals surface area (Å²) in [4.78, 5) is 4.69. The van der Waals surface area contributed by atoms with Crippen LogP contribution in [-0.2, 0) is 0 Å². The first-order chi connectivity index (χ1) is 9.70. The van der Waals surface area contributed by atoms with Crippen molar-refractivity contribution in [2.24, 2.45) is 0 Å². The van der Waals surface area contributed by atoms with Gasteiger partial charge >= 0.3 is 0 Å². The quantitative estimate of drug-likeness (QED) is 0.701. The SMILES string of the molecule is Cc1ccc(-c2nc3ccccn3c2C(C)C#N)cc1. The fourth-order valence-corrected chi connectivity index (χ4v) is 2.41. The van der Waals surface area contributed by atoms with Gasteiger partial charge in [0.15, 0.2) is 0 Å². The Morgan fingerprint density at radius 3 is 2.60 bits per heavy atom. The van der Waals surface area contributed by atoms with Gasteiger partial charge in [0.2, 0.25) is 0 Å². The van der Waals surface area contributed by atoms with Gasteiger partial charge in [-0.05, 0) is 26.0 Å². The lowest BCUT2D eigenvalue weighted by molar-refractivity contribution is 0.900. The first-order valence-corrected chi connectivity index (χ1v) is 6.64. The minimum Gasteiger partial charge on any atom is -0.302 e. The molecule has 2 heterocycles. The molecule has 0 bridgehead atoms. The van der Waals surface area contributed by atoms with Crippen LogP contribution in [0.3, 0.4) is 0 Å². The molecule has 3 heteroatoms. The molecule has 0 aliphatic heterocycles. The molecule has 2 aromatic heterocycles. The van der Waals surface area contributed by atoms with E-state index in [0.717, 1.165) is 22.6 Å². The maximum atomic E-state index is 9.29. The third-order valence-electron chi connectivity index (χ3n) is 3.50. The number of pyridine rings is 1. The van der Waals surface area contributed by atoms with Crippen LogP contribution in [0.25, 0.3) is 16.9 Å². The highest BCUT2D eigenvalue weighted by Gasteiger charge is 2.18. The summed E-state index contributed by atoms with van der Waals surface area (Å²) < 4.78 is 2.00. The lowest BCUT2D eigenvalue weighted by Crippen LogP contribution is -1.98. The molecule has 0 saturated heterocycles. The van der Waals surface area contributed by atoms with Gasteiger partial charge in [-0.15, -0.1) is 0 Å². The summed E-state index contributed by atoms with van der Waals surface area (Å²) in [7, 11) is 0. The second kappa shape index (κ2) is 4.82. The average Bonchev–Trinajstić information content (AvgIpc) is 2.86. The van der Waals surface area contributed by atoms with Crippen LogP contribution < -0.4 is 0 Å². The summed E-state index contributed by atoms with van der Waals surface area (Å²) in [5, 5.41) is 9.29. The van der Waals surface area contributed by atoms with E-state index in [1.807, 2.05) is 35.7 Å². The zero-order valence-corrected chi connectivity index (χ0v) is 11.5. The topological polar surface area (TPSA) is 41.1 Å². The van der Waals surface area contributed by atoms with E-state index < -0.39 is 0 Å². The molecule has 0 amide bonds. The van der Waals surface area contributed by atoms with E-state index in [1.54, 1.807) is 0 Å². The summed E-state index contributed by atoms with van der Waals surface area (Å²) >= 11 is 0. The predicted molar refractivity (Wildman–Crippen MR) is 79.4 cm³/mol. The molecule has 0 aliphatic rings. The summed E-state index contributed by atoms with van der Waals surface area (Å²) in [6, 6.07) is 16.5. The Bertz CT molecular complexity index is 791. The van der Waals surface area contributed by atoms with Gasteiger partial charge in [-0.1, -0.05) is 35.9 Å². The van der Waals surface area contributed by atoms with Crippen molar-refractivity contribution in [3.63, 3.8) is 0 Å². The highest BCUT2D eigenvalue weighted by Crippen LogP contribution is 2.29. The molecule has 0 fully saturated rings. The van der Waals surface area contributed by atoms with Crippen LogP contribution in [0.5, 0.6) is 0 Å². The van der Waals surface area contributed by atoms with E-state index in [4.69, 9.17) is 4.98 Å². The lowest BCUT2D eigenvalue weighted by Gasteiger charge is -2.07. The molecule has 3 nitrogen and oxygen atoms in total. The number of aryl methyl sites for hydroxylation is 1. The van der Waals surface area contributed by atoms with Crippen molar-refractivity contribution in [1.82, 2.24) is 9.38 Å². The fraction of sp³-hybridized carbons (Fsp3) is 0.176. The first-order valence-electron chi connectivity index (χ1n) is 6.64. The predicted octanol–water partition coefficient (Wildman–Crippen LogP) is 3.94. The second-order valence-electron chi connectivity index (χ2n) is 4.99. The number of hydrogen-bond acceptors (Lipinski definition) is 2. The number of imidazole rings is 1. The van der Waals surface area contributed by atoms with Crippen molar-refractivity contribution < 1.29 is 0 Å². The first kappa shape index (κ1) is 12.4. The fourth-order valence-electron chi connectivity index (χ4n) is 2.41. The molecule has 20 heavy (non-hydrogen) atoms. The number of rotatable bonds is 2. The largest absolute Gasteiger partial charge is 0.302 e. The van der Waals surface area contributed by atoms with Gasteiger partial charge in [-0.2, -0.15) is 5.26 Å². The van der Waals surface area contributed by atoms with E-state index in [2.05, 4.69) is 37.3 Å². The molecular weight excluding hydrogens is 246 g/mol. The Balaban J connectivity index is 2.29. The van der Waals surface area contributed by atoms with Crippen molar-refractivity contribution >= 4 is 5.65 Å². The van der Waals surface area contributed by atoms with Crippen LogP contribution in [-0.4, -0.2) is 9.38 Å². The molecule has 98 valence electrons. The number of nitrogens with zero attached hydrogens (tertiary/aromatic N) is 3. The smallest absolute Gasteiger partial charge is 0.137 e. The van der Waals surface area contributed by atoms with Gasteiger partial charge in [0.1, 0.15) is 5.65 Å². The Morgan fingerprint density at radius 2 is 1.90 bits per heavy atom. The van der Waals surface area contributed by atoms with Gasteiger partial charge in [0, 0.05) is 11.8 Å². The van der Waals surface area contributed by atoms with Crippen LogP contribution in [0, 0.1) is 18.3 Å². The summed E-state index contributed by atoms with van der Waals surface area (Å²) in [5.41, 5.74) is 4.99. The molecule has 3 aromatic rings. The van der Waals surface area contributed by atoms with Gasteiger partial charge in [0.25, 0.3) is 0 Å². The molecule has 0 spiro atoms. The Kier molecular flexibility index (Phi) is 3.00. The normalized spacial score (nSPS) is 12.2. The standard InChI is InChI=1S/C17H15N3/c1-12-6-8-14(9-7-12)16-17(13(2)11-18)20-10-4-3-5-15(20)19-16/h3-10,13H,1-2H3. The van der Waals surface area contributed by atoms with Crippen molar-refractivity contribution in [2.75, 3.05) is 0 Å². The zero-order chi connectivity index (χ0) is 14.1. The number of fused-ring (bicyclic) bond motifs is 1. The van der Waals surface area contributed by atoms with Crippen LogP contribution >= 0.6 is 0 Å². The molecule has 0 N–H and O–H groups in total. The molecule has 3 rings (SSSR count). The van der Waals surface area contributed by atoms with E-state index in [9.17, 15) is 5.26 Å². The van der Waals surface area contributed by atoms with E-state index in [1.165, 1.54) is 5.56 Å². The molecule has 1 aromatic carbocycles. The van der Waals surface area contributed by atoms with Crippen LogP contribution in [0.15, 0.2) is 48.7 Å². The number of benzene rings is 1. The van der Waals surface area contributed by atoms with Crippen LogP contribution in [0.4, 0.5) is 0 Å². The van der Waals surface area contributed by atoms with Crippen LogP contribution in [0.1, 0.15) is 24.1 Å². The second-order valence-corrected chi connectivity index (χ2v) is 4.99. The molecular formula is C17H15N3. The number of hydrogen-bond donors (Lipinski definition) is 0. The summed E-state index contributed by atoms with van der Waals surface area (Å²) in [6.45, 7) is 3.97. The van der Waals surface area contributed by atoms with Gasteiger partial charge < -0.3 is 4.40 Å². The van der Waals surface area contributed by atoms with E-state index in [-0.39, 0.29) is 5.92 Å². The average molecular weight is 261 g/mol. The third-order valence-corrected chi connectivity index (χ3v) is 3.50. The molecule has 1 atom stereocenters. The Labute approximate surface area is 118 Å². The lowest BCUT2D eigenvalue weighted by atomic mass is 10.0. The monoisotopic (exact) mass is 261 g/mol. The minimum absolute atomic E-state index is 0.205. The van der Waals surface area contributed by atoms with E-state index in [0.29, 0.717) is 0 Å². The third kappa shape index (κ3) is 1.96. The molecule has 0 saturated carbocycles. The zero-order valence-electron chi connectivity index (χ0n) is 11.5. The maximum Gasteiger partial charge on any atom is 0.137 e. The summed E-state index contributed by atoms with van der Waals surface area (Å²) in [5.74, 6) is -0.205. The molecule has 0 aliphatic carbocycles. The number of nitriles is 1. The summed E-state index contributed by atoms with van der Waals surface area (Å²) in [6.07, 6.45) is 1.96. The number of aromatic nitrogens is 2. The Hall–Kier alpha value is -2.60. The van der Waals surface area contributed by atoms with Crippen molar-refractivity contribution in [3.05, 3.63) is 59.9 Å². The van der Waals surface area contributed by atoms with E-state index >= 15 is 0 Å². The van der Waals surface area contributed by atoms with Crippen LogP contribution in [0.2, 0.25) is 0 Å². The maximum absolute atomic E-state index is 9.29. The minimum atomic E-state index is -0.205. The molecule has 1 unspecified atom stereocenters. The van der Waals surface area contributed by atoms with Gasteiger partial charge in [-0.3, -0.25) is 0 Å². The molecule has 0 radical (unpaired) electrons. The Morgan fingerprint density at radius 1 is 1.15 bits per heavy atom. The van der Waals surface area contributed by atoms with Crippen molar-refractivity contribution in [2.45, 2.75) is 19.8 Å². The van der Waals surface area contributed by atoms with Crippen molar-refractivity contribution in [1.29, 1.82) is 5.26 Å².